The van der Waals surface area contributed by atoms with E-state index in [2.05, 4.69) is 53.8 Å². The topological polar surface area (TPSA) is 21.3 Å². The zero-order valence-corrected chi connectivity index (χ0v) is 12.4. The molecule has 0 aliphatic carbocycles. The summed E-state index contributed by atoms with van der Waals surface area (Å²) < 4.78 is 5.47. The molecule has 1 N–H and O–H groups in total. The largest absolute Gasteiger partial charge is 0.496 e. The maximum atomic E-state index is 5.47. The first kappa shape index (κ1) is 13.7. The van der Waals surface area contributed by atoms with E-state index in [1.807, 2.05) is 19.2 Å². The van der Waals surface area contributed by atoms with Gasteiger partial charge in [0, 0.05) is 11.9 Å². The SMILES string of the molecule is CNCc1cccc(-c2ccc(OC)c3ccccc23)c1. The van der Waals surface area contributed by atoms with Crippen LogP contribution in [0.1, 0.15) is 5.56 Å². The third-order valence-corrected chi connectivity index (χ3v) is 3.72. The number of nitrogens with one attached hydrogen (secondary N) is 1. The molecule has 3 rings (SSSR count). The van der Waals surface area contributed by atoms with Crippen molar-refractivity contribution >= 4 is 10.8 Å². The molecule has 21 heavy (non-hydrogen) atoms. The van der Waals surface area contributed by atoms with Gasteiger partial charge in [0.1, 0.15) is 5.75 Å². The van der Waals surface area contributed by atoms with Crippen LogP contribution in [0.15, 0.2) is 60.7 Å². The highest BCUT2D eigenvalue weighted by atomic mass is 16.5. The highest BCUT2D eigenvalue weighted by Gasteiger charge is 2.08. The lowest BCUT2D eigenvalue weighted by Gasteiger charge is -2.11. The first-order chi connectivity index (χ1) is 10.3. The van der Waals surface area contributed by atoms with Crippen molar-refractivity contribution in [3.63, 3.8) is 0 Å². The van der Waals surface area contributed by atoms with Crippen LogP contribution in [0.5, 0.6) is 5.75 Å². The fraction of sp³-hybridized carbons (Fsp3) is 0.158. The summed E-state index contributed by atoms with van der Waals surface area (Å²) in [5.74, 6) is 0.917. The second-order valence-electron chi connectivity index (χ2n) is 5.09. The Hall–Kier alpha value is -2.32. The minimum atomic E-state index is 0.877. The number of methoxy groups -OCH3 is 1. The van der Waals surface area contributed by atoms with Crippen molar-refractivity contribution in [1.29, 1.82) is 0 Å². The van der Waals surface area contributed by atoms with Crippen molar-refractivity contribution in [2.75, 3.05) is 14.2 Å². The monoisotopic (exact) mass is 277 g/mol. The zero-order chi connectivity index (χ0) is 14.7. The number of fused-ring (bicyclic) bond motifs is 1. The normalized spacial score (nSPS) is 10.8. The van der Waals surface area contributed by atoms with Crippen LogP contribution < -0.4 is 10.1 Å². The molecule has 0 aromatic heterocycles. The molecular formula is C19H19NO. The molecule has 3 aromatic rings. The molecule has 2 nitrogen and oxygen atoms in total. The lowest BCUT2D eigenvalue weighted by molar-refractivity contribution is 0.420. The Morgan fingerprint density at radius 3 is 2.48 bits per heavy atom. The lowest BCUT2D eigenvalue weighted by Crippen LogP contribution is -2.04. The maximum Gasteiger partial charge on any atom is 0.126 e. The molecule has 0 aliphatic heterocycles. The van der Waals surface area contributed by atoms with Gasteiger partial charge in [-0.3, -0.25) is 0 Å². The molecule has 0 heterocycles. The van der Waals surface area contributed by atoms with Crippen LogP contribution in [-0.2, 0) is 6.54 Å². The van der Waals surface area contributed by atoms with E-state index >= 15 is 0 Å². The molecule has 0 saturated carbocycles. The average Bonchev–Trinajstić information content (AvgIpc) is 2.54. The molecule has 3 aromatic carbocycles. The predicted octanol–water partition coefficient (Wildman–Crippen LogP) is 4.23. The second-order valence-corrected chi connectivity index (χ2v) is 5.09. The summed E-state index contributed by atoms with van der Waals surface area (Å²) in [5, 5.41) is 5.57. The summed E-state index contributed by atoms with van der Waals surface area (Å²) in [6.07, 6.45) is 0. The van der Waals surface area contributed by atoms with Gasteiger partial charge in [-0.25, -0.2) is 0 Å². The Labute approximate surface area is 125 Å². The van der Waals surface area contributed by atoms with Crippen LogP contribution in [-0.4, -0.2) is 14.2 Å². The molecular weight excluding hydrogens is 258 g/mol. The van der Waals surface area contributed by atoms with Gasteiger partial charge in [0.05, 0.1) is 7.11 Å². The quantitative estimate of drug-likeness (QED) is 0.770. The molecule has 0 atom stereocenters. The van der Waals surface area contributed by atoms with Gasteiger partial charge < -0.3 is 10.1 Å². The third kappa shape index (κ3) is 2.63. The fourth-order valence-electron chi connectivity index (χ4n) is 2.75. The molecule has 2 heteroatoms. The molecule has 0 saturated heterocycles. The lowest BCUT2D eigenvalue weighted by atomic mass is 9.96. The van der Waals surface area contributed by atoms with E-state index in [4.69, 9.17) is 4.74 Å². The number of benzene rings is 3. The van der Waals surface area contributed by atoms with Crippen molar-refractivity contribution < 1.29 is 4.74 Å². The van der Waals surface area contributed by atoms with Crippen LogP contribution in [0.3, 0.4) is 0 Å². The molecule has 106 valence electrons. The Morgan fingerprint density at radius 1 is 0.905 bits per heavy atom. The third-order valence-electron chi connectivity index (χ3n) is 3.72. The Bertz CT molecular complexity index is 764. The highest BCUT2D eigenvalue weighted by Crippen LogP contribution is 2.34. The number of hydrogen-bond acceptors (Lipinski definition) is 2. The van der Waals surface area contributed by atoms with E-state index < -0.39 is 0 Å². The van der Waals surface area contributed by atoms with E-state index in [0.717, 1.165) is 17.7 Å². The van der Waals surface area contributed by atoms with E-state index in [1.54, 1.807) is 7.11 Å². The summed E-state index contributed by atoms with van der Waals surface area (Å²) in [6.45, 7) is 0.877. The van der Waals surface area contributed by atoms with Gasteiger partial charge >= 0.3 is 0 Å². The van der Waals surface area contributed by atoms with Gasteiger partial charge in [0.15, 0.2) is 0 Å². The summed E-state index contributed by atoms with van der Waals surface area (Å²) in [6, 6.07) is 21.2. The van der Waals surface area contributed by atoms with Crippen LogP contribution in [0.4, 0.5) is 0 Å². The van der Waals surface area contributed by atoms with Gasteiger partial charge in [0.25, 0.3) is 0 Å². The van der Waals surface area contributed by atoms with E-state index in [-0.39, 0.29) is 0 Å². The van der Waals surface area contributed by atoms with Crippen LogP contribution in [0, 0.1) is 0 Å². The highest BCUT2D eigenvalue weighted by molar-refractivity contribution is 6.00. The summed E-state index contributed by atoms with van der Waals surface area (Å²) >= 11 is 0. The standard InChI is InChI=1S/C19H19NO/c1-20-13-14-6-5-7-15(12-14)16-10-11-19(21-2)18-9-4-3-8-17(16)18/h3-12,20H,13H2,1-2H3. The summed E-state index contributed by atoms with van der Waals surface area (Å²) in [4.78, 5) is 0. The van der Waals surface area contributed by atoms with Crippen molar-refractivity contribution in [3.05, 3.63) is 66.2 Å². The molecule has 0 radical (unpaired) electrons. The van der Waals surface area contributed by atoms with Crippen molar-refractivity contribution in [2.24, 2.45) is 0 Å². The fourth-order valence-corrected chi connectivity index (χ4v) is 2.75. The summed E-state index contributed by atoms with van der Waals surface area (Å²) in [7, 11) is 3.68. The first-order valence-electron chi connectivity index (χ1n) is 7.13. The number of rotatable bonds is 4. The van der Waals surface area contributed by atoms with Crippen molar-refractivity contribution in [3.8, 4) is 16.9 Å². The van der Waals surface area contributed by atoms with Crippen molar-refractivity contribution in [1.82, 2.24) is 5.32 Å². The minimum absolute atomic E-state index is 0.877. The Morgan fingerprint density at radius 2 is 1.71 bits per heavy atom. The molecule has 0 aliphatic rings. The molecule has 0 unspecified atom stereocenters. The van der Waals surface area contributed by atoms with Gasteiger partial charge in [0.2, 0.25) is 0 Å². The van der Waals surface area contributed by atoms with Gasteiger partial charge in [-0.1, -0.05) is 48.5 Å². The van der Waals surface area contributed by atoms with E-state index in [1.165, 1.54) is 22.1 Å². The summed E-state index contributed by atoms with van der Waals surface area (Å²) in [5.41, 5.74) is 3.76. The minimum Gasteiger partial charge on any atom is -0.496 e. The first-order valence-corrected chi connectivity index (χ1v) is 7.13. The predicted molar refractivity (Wildman–Crippen MR) is 88.7 cm³/mol. The molecule has 0 amide bonds. The van der Waals surface area contributed by atoms with Gasteiger partial charge in [-0.15, -0.1) is 0 Å². The average molecular weight is 277 g/mol. The van der Waals surface area contributed by atoms with Crippen LogP contribution in [0.2, 0.25) is 0 Å². The number of ether oxygens (including phenoxy) is 1. The molecule has 0 fully saturated rings. The molecule has 0 spiro atoms. The smallest absolute Gasteiger partial charge is 0.126 e. The Kier molecular flexibility index (Phi) is 3.89. The molecule has 0 bridgehead atoms. The van der Waals surface area contributed by atoms with E-state index in [9.17, 15) is 0 Å². The maximum absolute atomic E-state index is 5.47. The zero-order valence-electron chi connectivity index (χ0n) is 12.4. The van der Waals surface area contributed by atoms with Gasteiger partial charge in [-0.05, 0) is 41.3 Å². The van der Waals surface area contributed by atoms with Crippen molar-refractivity contribution in [2.45, 2.75) is 6.54 Å². The number of hydrogen-bond donors (Lipinski definition) is 1. The van der Waals surface area contributed by atoms with Crippen LogP contribution in [0.25, 0.3) is 21.9 Å². The van der Waals surface area contributed by atoms with Gasteiger partial charge in [-0.2, -0.15) is 0 Å². The van der Waals surface area contributed by atoms with E-state index in [0.29, 0.717) is 0 Å². The Balaban J connectivity index is 2.19. The second kappa shape index (κ2) is 5.98. The van der Waals surface area contributed by atoms with Crippen LogP contribution >= 0.6 is 0 Å².